The Hall–Kier alpha value is -1.38. The van der Waals surface area contributed by atoms with E-state index in [4.69, 9.17) is 0 Å². The third-order valence-electron chi connectivity index (χ3n) is 5.48. The topological polar surface area (TPSA) is 56.7 Å². The number of amides is 1. The molecular formula is C19H30FIN4O. The SMILES string of the molecule is CN=C(NCCNC(=O)c1ccc(C)c(F)c1)N1CC(C)(C)C1(C)C.I. The van der Waals surface area contributed by atoms with E-state index in [1.54, 1.807) is 26.1 Å². The summed E-state index contributed by atoms with van der Waals surface area (Å²) in [5, 5.41) is 6.07. The number of benzene rings is 1. The number of nitrogens with one attached hydrogen (secondary N) is 2. The molecule has 0 unspecified atom stereocenters. The molecule has 146 valence electrons. The van der Waals surface area contributed by atoms with Gasteiger partial charge in [0.05, 0.1) is 0 Å². The van der Waals surface area contributed by atoms with Gasteiger partial charge in [-0.05, 0) is 38.5 Å². The van der Waals surface area contributed by atoms with Gasteiger partial charge in [0, 0.05) is 43.2 Å². The van der Waals surface area contributed by atoms with Crippen molar-refractivity contribution in [2.45, 2.75) is 40.2 Å². The van der Waals surface area contributed by atoms with Gasteiger partial charge in [0.2, 0.25) is 0 Å². The second-order valence-electron chi connectivity index (χ2n) is 7.72. The van der Waals surface area contributed by atoms with E-state index in [-0.39, 0.29) is 46.7 Å². The highest BCUT2D eigenvalue weighted by Gasteiger charge is 2.53. The number of rotatable bonds is 4. The molecule has 7 heteroatoms. The lowest BCUT2D eigenvalue weighted by atomic mass is 9.65. The molecule has 0 atom stereocenters. The van der Waals surface area contributed by atoms with Crippen molar-refractivity contribution in [2.24, 2.45) is 10.4 Å². The van der Waals surface area contributed by atoms with Crippen molar-refractivity contribution < 1.29 is 9.18 Å². The Morgan fingerprint density at radius 3 is 2.35 bits per heavy atom. The molecule has 1 aromatic rings. The zero-order chi connectivity index (χ0) is 18.8. The van der Waals surface area contributed by atoms with E-state index in [0.717, 1.165) is 12.5 Å². The number of halogens is 2. The molecule has 5 nitrogen and oxygen atoms in total. The molecule has 0 aromatic heterocycles. The Morgan fingerprint density at radius 2 is 1.85 bits per heavy atom. The average molecular weight is 476 g/mol. The maximum atomic E-state index is 13.5. The van der Waals surface area contributed by atoms with Crippen molar-refractivity contribution in [2.75, 3.05) is 26.7 Å². The summed E-state index contributed by atoms with van der Waals surface area (Å²) in [4.78, 5) is 18.6. The fraction of sp³-hybridized carbons (Fsp3) is 0.579. The minimum atomic E-state index is -0.367. The highest BCUT2D eigenvalue weighted by molar-refractivity contribution is 14.0. The minimum Gasteiger partial charge on any atom is -0.354 e. The lowest BCUT2D eigenvalue weighted by molar-refractivity contribution is -0.0666. The molecule has 2 N–H and O–H groups in total. The number of guanidine groups is 1. The quantitative estimate of drug-likeness (QED) is 0.304. The molecule has 2 rings (SSSR count). The van der Waals surface area contributed by atoms with Crippen LogP contribution in [0.15, 0.2) is 23.2 Å². The first-order valence-electron chi connectivity index (χ1n) is 8.63. The Kier molecular flexibility index (Phi) is 7.44. The van der Waals surface area contributed by atoms with Gasteiger partial charge in [-0.25, -0.2) is 4.39 Å². The molecule has 26 heavy (non-hydrogen) atoms. The summed E-state index contributed by atoms with van der Waals surface area (Å²) in [5.74, 6) is 0.190. The van der Waals surface area contributed by atoms with Crippen LogP contribution < -0.4 is 10.6 Å². The van der Waals surface area contributed by atoms with E-state index in [1.807, 2.05) is 0 Å². The molecule has 1 saturated heterocycles. The van der Waals surface area contributed by atoms with E-state index in [0.29, 0.717) is 24.2 Å². The van der Waals surface area contributed by atoms with Crippen LogP contribution in [0.1, 0.15) is 43.6 Å². The summed E-state index contributed by atoms with van der Waals surface area (Å²) in [6, 6.07) is 4.50. The number of hydrogen-bond acceptors (Lipinski definition) is 2. The van der Waals surface area contributed by atoms with Gasteiger partial charge in [0.15, 0.2) is 5.96 Å². The van der Waals surface area contributed by atoms with Crippen LogP contribution in [0.25, 0.3) is 0 Å². The predicted octanol–water partition coefficient (Wildman–Crippen LogP) is 3.18. The fourth-order valence-electron chi connectivity index (χ4n) is 2.88. The summed E-state index contributed by atoms with van der Waals surface area (Å²) in [6.07, 6.45) is 0. The highest BCUT2D eigenvalue weighted by Crippen LogP contribution is 2.46. The van der Waals surface area contributed by atoms with Crippen LogP contribution in [0, 0.1) is 18.2 Å². The molecule has 1 aliphatic rings. The lowest BCUT2D eigenvalue weighted by Gasteiger charge is -2.62. The van der Waals surface area contributed by atoms with Gasteiger partial charge in [0.1, 0.15) is 5.82 Å². The highest BCUT2D eigenvalue weighted by atomic mass is 127. The number of aryl methyl sites for hydroxylation is 1. The van der Waals surface area contributed by atoms with Crippen LogP contribution in [0.5, 0.6) is 0 Å². The van der Waals surface area contributed by atoms with Gasteiger partial charge < -0.3 is 15.5 Å². The van der Waals surface area contributed by atoms with Gasteiger partial charge in [-0.2, -0.15) is 0 Å². The van der Waals surface area contributed by atoms with Crippen LogP contribution in [0.4, 0.5) is 4.39 Å². The standard InChI is InChI=1S/C19H29FN4O.HI/c1-13-7-8-14(11-15(13)20)16(25)22-9-10-23-17(21-6)24-12-18(2,3)19(24,4)5;/h7-8,11H,9-10,12H2,1-6H3,(H,21,23)(H,22,25);1H. The smallest absolute Gasteiger partial charge is 0.251 e. The largest absolute Gasteiger partial charge is 0.354 e. The van der Waals surface area contributed by atoms with Crippen molar-refractivity contribution in [3.63, 3.8) is 0 Å². The van der Waals surface area contributed by atoms with Crippen molar-refractivity contribution in [1.29, 1.82) is 0 Å². The molecule has 1 aliphatic heterocycles. The second kappa shape index (κ2) is 8.54. The van der Waals surface area contributed by atoms with Gasteiger partial charge in [-0.3, -0.25) is 9.79 Å². The van der Waals surface area contributed by atoms with Gasteiger partial charge >= 0.3 is 0 Å². The normalized spacial score (nSPS) is 17.8. The van der Waals surface area contributed by atoms with E-state index < -0.39 is 0 Å². The van der Waals surface area contributed by atoms with Crippen LogP contribution in [-0.2, 0) is 0 Å². The molecular weight excluding hydrogens is 446 g/mol. The molecule has 0 saturated carbocycles. The maximum absolute atomic E-state index is 13.5. The summed E-state index contributed by atoms with van der Waals surface area (Å²) in [5.41, 5.74) is 1.12. The number of aliphatic imine (C=N–C) groups is 1. The summed E-state index contributed by atoms with van der Waals surface area (Å²) in [6.45, 7) is 12.5. The minimum absolute atomic E-state index is 0. The summed E-state index contributed by atoms with van der Waals surface area (Å²) >= 11 is 0. The first-order valence-corrected chi connectivity index (χ1v) is 8.63. The number of hydrogen-bond donors (Lipinski definition) is 2. The Bertz CT molecular complexity index is 688. The van der Waals surface area contributed by atoms with E-state index in [1.165, 1.54) is 6.07 Å². The van der Waals surface area contributed by atoms with E-state index >= 15 is 0 Å². The van der Waals surface area contributed by atoms with E-state index in [2.05, 4.69) is 48.2 Å². The second-order valence-corrected chi connectivity index (χ2v) is 7.72. The Labute approximate surface area is 172 Å². The van der Waals surface area contributed by atoms with Crippen LogP contribution in [0.2, 0.25) is 0 Å². The number of carbonyl (C=O) groups is 1. The molecule has 0 spiro atoms. The molecule has 1 heterocycles. The zero-order valence-corrected chi connectivity index (χ0v) is 18.8. The average Bonchev–Trinajstić information content (AvgIpc) is 2.55. The predicted molar refractivity (Wildman–Crippen MR) is 115 cm³/mol. The zero-order valence-electron chi connectivity index (χ0n) is 16.4. The fourth-order valence-corrected chi connectivity index (χ4v) is 2.88. The monoisotopic (exact) mass is 476 g/mol. The maximum Gasteiger partial charge on any atom is 0.251 e. The molecule has 0 aliphatic carbocycles. The first-order chi connectivity index (χ1) is 11.6. The van der Waals surface area contributed by atoms with Crippen LogP contribution >= 0.6 is 24.0 Å². The molecule has 0 radical (unpaired) electrons. The van der Waals surface area contributed by atoms with Crippen molar-refractivity contribution >= 4 is 35.8 Å². The molecule has 1 fully saturated rings. The first kappa shape index (κ1) is 22.7. The van der Waals surface area contributed by atoms with Crippen LogP contribution in [0.3, 0.4) is 0 Å². The third-order valence-corrected chi connectivity index (χ3v) is 5.48. The Morgan fingerprint density at radius 1 is 1.23 bits per heavy atom. The lowest BCUT2D eigenvalue weighted by Crippen LogP contribution is -2.72. The number of nitrogens with zero attached hydrogens (tertiary/aromatic N) is 2. The Balaban J connectivity index is 0.00000338. The van der Waals surface area contributed by atoms with Gasteiger partial charge in [0.25, 0.3) is 5.91 Å². The number of likely N-dealkylation sites (tertiary alicyclic amines) is 1. The summed E-state index contributed by atoms with van der Waals surface area (Å²) in [7, 11) is 1.76. The molecule has 1 aromatic carbocycles. The van der Waals surface area contributed by atoms with Gasteiger partial charge in [-0.1, -0.05) is 19.9 Å². The van der Waals surface area contributed by atoms with Crippen molar-refractivity contribution in [3.8, 4) is 0 Å². The van der Waals surface area contributed by atoms with Crippen LogP contribution in [-0.4, -0.2) is 49.0 Å². The molecule has 0 bridgehead atoms. The van der Waals surface area contributed by atoms with E-state index in [9.17, 15) is 9.18 Å². The molecule has 1 amide bonds. The summed E-state index contributed by atoms with van der Waals surface area (Å²) < 4.78 is 13.5. The van der Waals surface area contributed by atoms with Crippen molar-refractivity contribution in [1.82, 2.24) is 15.5 Å². The third kappa shape index (κ3) is 4.47. The van der Waals surface area contributed by atoms with Gasteiger partial charge in [-0.15, -0.1) is 24.0 Å². The number of carbonyl (C=O) groups excluding carboxylic acids is 1. The van der Waals surface area contributed by atoms with Crippen molar-refractivity contribution in [3.05, 3.63) is 35.1 Å².